The van der Waals surface area contributed by atoms with Crippen LogP contribution in [-0.4, -0.2) is 40.8 Å². The number of methoxy groups -OCH3 is 1. The van der Waals surface area contributed by atoms with E-state index >= 15 is 0 Å². The molecule has 2 rings (SSSR count). The average molecular weight is 548 g/mol. The number of nitrogens with zero attached hydrogens (tertiary/aromatic N) is 3. The van der Waals surface area contributed by atoms with Gasteiger partial charge in [0.25, 0.3) is 11.6 Å². The van der Waals surface area contributed by atoms with E-state index in [0.717, 1.165) is 16.8 Å². The Bertz CT molecular complexity index is 1040. The van der Waals surface area contributed by atoms with Gasteiger partial charge < -0.3 is 14.6 Å². The Kier molecular flexibility index (Phi) is 7.66. The molecular formula is C16H12Br2N4O8. The van der Waals surface area contributed by atoms with Gasteiger partial charge in [-0.05, 0) is 28.1 Å². The molecule has 0 aromatic heterocycles. The van der Waals surface area contributed by atoms with Crippen molar-refractivity contribution < 1.29 is 29.2 Å². The van der Waals surface area contributed by atoms with Crippen molar-refractivity contribution in [1.82, 2.24) is 5.43 Å². The van der Waals surface area contributed by atoms with E-state index in [0.29, 0.717) is 16.3 Å². The fourth-order valence-electron chi connectivity index (χ4n) is 2.14. The van der Waals surface area contributed by atoms with Crippen LogP contribution in [0.5, 0.6) is 17.2 Å². The summed E-state index contributed by atoms with van der Waals surface area (Å²) in [6.45, 7) is -0.463. The first kappa shape index (κ1) is 23.0. The highest BCUT2D eigenvalue weighted by Gasteiger charge is 2.23. The Morgan fingerprint density at radius 1 is 1.23 bits per heavy atom. The molecule has 12 nitrogen and oxygen atoms in total. The minimum Gasteiger partial charge on any atom is -0.502 e. The number of carbonyl (C=O) groups excluding carboxylic acids is 1. The molecule has 0 heterocycles. The maximum atomic E-state index is 11.9. The third-order valence-corrected chi connectivity index (χ3v) is 4.49. The predicted octanol–water partition coefficient (Wildman–Crippen LogP) is 3.27. The monoisotopic (exact) mass is 546 g/mol. The van der Waals surface area contributed by atoms with Crippen LogP contribution in [0.25, 0.3) is 0 Å². The number of amides is 1. The lowest BCUT2D eigenvalue weighted by Gasteiger charge is -2.12. The van der Waals surface area contributed by atoms with Gasteiger partial charge >= 0.3 is 5.69 Å². The first-order chi connectivity index (χ1) is 14.1. The number of nitro groups is 2. The first-order valence-corrected chi connectivity index (χ1v) is 9.36. The molecule has 0 saturated heterocycles. The Morgan fingerprint density at radius 3 is 2.53 bits per heavy atom. The molecule has 0 bridgehead atoms. The molecule has 0 aliphatic rings. The van der Waals surface area contributed by atoms with Gasteiger partial charge in [-0.2, -0.15) is 5.10 Å². The minimum absolute atomic E-state index is 0.270. The summed E-state index contributed by atoms with van der Waals surface area (Å²) in [5, 5.41) is 35.2. The summed E-state index contributed by atoms with van der Waals surface area (Å²) in [5.41, 5.74) is 0.269. The van der Waals surface area contributed by atoms with Crippen LogP contribution in [0, 0.1) is 20.2 Å². The zero-order chi connectivity index (χ0) is 22.4. The number of phenols is 1. The van der Waals surface area contributed by atoms with Crippen molar-refractivity contribution in [2.75, 3.05) is 13.7 Å². The van der Waals surface area contributed by atoms with Gasteiger partial charge in [0, 0.05) is 10.5 Å². The van der Waals surface area contributed by atoms with Crippen molar-refractivity contribution in [1.29, 1.82) is 0 Å². The van der Waals surface area contributed by atoms with Gasteiger partial charge in [-0.25, -0.2) is 5.43 Å². The molecule has 14 heteroatoms. The molecule has 158 valence electrons. The third-order valence-electron chi connectivity index (χ3n) is 3.45. The Morgan fingerprint density at radius 2 is 1.93 bits per heavy atom. The highest BCUT2D eigenvalue weighted by Crippen LogP contribution is 2.38. The van der Waals surface area contributed by atoms with E-state index in [-0.39, 0.29) is 11.3 Å². The maximum absolute atomic E-state index is 11.9. The van der Waals surface area contributed by atoms with Gasteiger partial charge in [0.1, 0.15) is 0 Å². The summed E-state index contributed by atoms with van der Waals surface area (Å²) in [6, 6.07) is 4.81. The number of carbonyl (C=O) groups is 1. The second kappa shape index (κ2) is 9.98. The smallest absolute Gasteiger partial charge is 0.318 e. The number of halogens is 2. The van der Waals surface area contributed by atoms with Gasteiger partial charge in [0.05, 0.1) is 39.3 Å². The number of rotatable bonds is 8. The molecule has 0 aliphatic carbocycles. The van der Waals surface area contributed by atoms with Gasteiger partial charge in [-0.3, -0.25) is 25.0 Å². The SMILES string of the molecule is COc1cc(Br)cc(Br)c1OCC(=O)N/N=C/c1cc([N+](=O)[O-])cc([N+](=O)[O-])c1O. The first-order valence-electron chi connectivity index (χ1n) is 7.77. The van der Waals surface area contributed by atoms with E-state index in [1.54, 1.807) is 12.1 Å². The van der Waals surface area contributed by atoms with E-state index in [1.807, 2.05) is 0 Å². The van der Waals surface area contributed by atoms with Crippen molar-refractivity contribution >= 4 is 55.4 Å². The fourth-order valence-corrected chi connectivity index (χ4v) is 3.44. The van der Waals surface area contributed by atoms with E-state index in [1.165, 1.54) is 7.11 Å². The zero-order valence-corrected chi connectivity index (χ0v) is 18.2. The molecule has 30 heavy (non-hydrogen) atoms. The molecule has 0 saturated carbocycles. The number of non-ortho nitro benzene ring substituents is 1. The average Bonchev–Trinajstić information content (AvgIpc) is 2.67. The van der Waals surface area contributed by atoms with Crippen LogP contribution in [0.1, 0.15) is 5.56 Å². The zero-order valence-electron chi connectivity index (χ0n) is 15.0. The quantitative estimate of drug-likeness (QED) is 0.288. The number of nitro benzene ring substituents is 2. The standard InChI is InChI=1S/C16H12Br2N4O8/c1-29-13-4-9(17)3-11(18)16(13)30-7-14(23)20-19-6-8-2-10(21(25)26)5-12(15(8)24)22(27)28/h2-6,24H,7H2,1H3,(H,20,23)/b19-6+. The highest BCUT2D eigenvalue weighted by atomic mass is 79.9. The van der Waals surface area contributed by atoms with Crippen molar-refractivity contribution in [3.8, 4) is 17.2 Å². The van der Waals surface area contributed by atoms with Gasteiger partial charge in [-0.15, -0.1) is 0 Å². The number of ether oxygens (including phenoxy) is 2. The summed E-state index contributed by atoms with van der Waals surface area (Å²) in [7, 11) is 1.43. The van der Waals surface area contributed by atoms with E-state index < -0.39 is 39.5 Å². The van der Waals surface area contributed by atoms with Crippen LogP contribution in [0.15, 0.2) is 38.3 Å². The van der Waals surface area contributed by atoms with Crippen LogP contribution >= 0.6 is 31.9 Å². The number of hydrogen-bond donors (Lipinski definition) is 2. The fraction of sp³-hybridized carbons (Fsp3) is 0.125. The number of aromatic hydroxyl groups is 1. The molecule has 0 spiro atoms. The van der Waals surface area contributed by atoms with Crippen molar-refractivity contribution in [2.24, 2.45) is 5.10 Å². The third kappa shape index (κ3) is 5.64. The van der Waals surface area contributed by atoms with E-state index in [9.17, 15) is 30.1 Å². The van der Waals surface area contributed by atoms with E-state index in [4.69, 9.17) is 9.47 Å². The van der Waals surface area contributed by atoms with Crippen molar-refractivity contribution in [2.45, 2.75) is 0 Å². The molecule has 0 atom stereocenters. The molecule has 0 aliphatic heterocycles. The minimum atomic E-state index is -0.977. The molecule has 0 fully saturated rings. The summed E-state index contributed by atoms with van der Waals surface area (Å²) in [4.78, 5) is 31.9. The number of nitrogens with one attached hydrogen (secondary N) is 1. The normalized spacial score (nSPS) is 10.6. The Balaban J connectivity index is 2.10. The van der Waals surface area contributed by atoms with Crippen molar-refractivity contribution in [3.05, 3.63) is 59.0 Å². The Labute approximate surface area is 185 Å². The van der Waals surface area contributed by atoms with E-state index in [2.05, 4.69) is 42.4 Å². The predicted molar refractivity (Wildman–Crippen MR) is 111 cm³/mol. The number of hydrazone groups is 1. The molecule has 2 N–H and O–H groups in total. The summed E-state index contributed by atoms with van der Waals surface area (Å²) < 4.78 is 11.8. The van der Waals surface area contributed by atoms with Crippen LogP contribution in [-0.2, 0) is 4.79 Å². The van der Waals surface area contributed by atoms with Gasteiger partial charge in [-0.1, -0.05) is 15.9 Å². The summed E-state index contributed by atoms with van der Waals surface area (Å²) in [6.07, 6.45) is 0.837. The van der Waals surface area contributed by atoms with Crippen molar-refractivity contribution in [3.63, 3.8) is 0 Å². The largest absolute Gasteiger partial charge is 0.502 e. The lowest BCUT2D eigenvalue weighted by atomic mass is 10.1. The maximum Gasteiger partial charge on any atom is 0.318 e. The molecular weight excluding hydrogens is 536 g/mol. The number of hydrogen-bond acceptors (Lipinski definition) is 9. The van der Waals surface area contributed by atoms with Crippen LogP contribution in [0.2, 0.25) is 0 Å². The molecule has 0 unspecified atom stereocenters. The lowest BCUT2D eigenvalue weighted by Crippen LogP contribution is -2.24. The summed E-state index contributed by atoms with van der Waals surface area (Å²) >= 11 is 6.57. The number of phenolic OH excluding ortho intramolecular Hbond substituents is 1. The molecule has 0 radical (unpaired) electrons. The van der Waals surface area contributed by atoms with Gasteiger partial charge in [0.2, 0.25) is 5.75 Å². The molecule has 2 aromatic rings. The lowest BCUT2D eigenvalue weighted by molar-refractivity contribution is -0.394. The number of benzene rings is 2. The van der Waals surface area contributed by atoms with Crippen LogP contribution in [0.4, 0.5) is 11.4 Å². The van der Waals surface area contributed by atoms with Gasteiger partial charge in [0.15, 0.2) is 18.1 Å². The summed E-state index contributed by atoms with van der Waals surface area (Å²) in [5.74, 6) is -0.904. The molecule has 2 aromatic carbocycles. The molecule has 1 amide bonds. The Hall–Kier alpha value is -3.26. The second-order valence-electron chi connectivity index (χ2n) is 5.42. The van der Waals surface area contributed by atoms with Crippen LogP contribution in [0.3, 0.4) is 0 Å². The topological polar surface area (TPSA) is 166 Å². The highest BCUT2D eigenvalue weighted by molar-refractivity contribution is 9.11. The van der Waals surface area contributed by atoms with Crippen LogP contribution < -0.4 is 14.9 Å². The second-order valence-corrected chi connectivity index (χ2v) is 7.19.